The van der Waals surface area contributed by atoms with Gasteiger partial charge in [-0.25, -0.2) is 0 Å². The molecule has 0 aliphatic carbocycles. The molecule has 2 rings (SSSR count). The standard InChI is InChI=1S/C14H21NOS/c1-17-14-4-2-13(3-5-14)16-11-8-12-6-9-15-10-7-12/h2-5,12,15H,6-11H2,1H3. The molecule has 0 unspecified atom stereocenters. The molecule has 0 bridgehead atoms. The highest BCUT2D eigenvalue weighted by Gasteiger charge is 2.12. The van der Waals surface area contributed by atoms with Gasteiger partial charge in [-0.1, -0.05) is 0 Å². The van der Waals surface area contributed by atoms with E-state index in [4.69, 9.17) is 4.74 Å². The number of hydrogen-bond acceptors (Lipinski definition) is 3. The van der Waals surface area contributed by atoms with Gasteiger partial charge < -0.3 is 10.1 Å². The number of ether oxygens (including phenoxy) is 1. The first-order valence-electron chi connectivity index (χ1n) is 6.36. The van der Waals surface area contributed by atoms with Crippen LogP contribution in [0.5, 0.6) is 5.75 Å². The summed E-state index contributed by atoms with van der Waals surface area (Å²) >= 11 is 1.76. The quantitative estimate of drug-likeness (QED) is 0.812. The van der Waals surface area contributed by atoms with E-state index in [0.717, 1.165) is 18.3 Å². The van der Waals surface area contributed by atoms with Crippen molar-refractivity contribution in [2.24, 2.45) is 5.92 Å². The summed E-state index contributed by atoms with van der Waals surface area (Å²) in [5.74, 6) is 1.85. The lowest BCUT2D eigenvalue weighted by atomic mass is 9.95. The predicted octanol–water partition coefficient (Wildman–Crippen LogP) is 3.18. The van der Waals surface area contributed by atoms with Crippen LogP contribution in [0.25, 0.3) is 0 Å². The molecule has 1 heterocycles. The molecular weight excluding hydrogens is 230 g/mol. The van der Waals surface area contributed by atoms with Crippen LogP contribution >= 0.6 is 11.8 Å². The van der Waals surface area contributed by atoms with E-state index in [1.807, 2.05) is 0 Å². The Kier molecular flexibility index (Phi) is 5.20. The minimum Gasteiger partial charge on any atom is -0.494 e. The van der Waals surface area contributed by atoms with Crippen molar-refractivity contribution in [1.29, 1.82) is 0 Å². The fourth-order valence-corrected chi connectivity index (χ4v) is 2.59. The Morgan fingerprint density at radius 3 is 2.59 bits per heavy atom. The Morgan fingerprint density at radius 1 is 1.24 bits per heavy atom. The lowest BCUT2D eigenvalue weighted by Crippen LogP contribution is -2.28. The van der Waals surface area contributed by atoms with Crippen LogP contribution in [-0.4, -0.2) is 26.0 Å². The summed E-state index contributed by atoms with van der Waals surface area (Å²) in [7, 11) is 0. The molecular formula is C14H21NOS. The number of rotatable bonds is 5. The molecule has 1 aromatic rings. The van der Waals surface area contributed by atoms with Crippen molar-refractivity contribution in [3.63, 3.8) is 0 Å². The average Bonchev–Trinajstić information content (AvgIpc) is 2.41. The van der Waals surface area contributed by atoms with Crippen LogP contribution in [0.4, 0.5) is 0 Å². The monoisotopic (exact) mass is 251 g/mol. The molecule has 17 heavy (non-hydrogen) atoms. The Hall–Kier alpha value is -0.670. The molecule has 0 spiro atoms. The maximum atomic E-state index is 5.78. The molecule has 2 nitrogen and oxygen atoms in total. The molecule has 1 aliphatic heterocycles. The first-order valence-corrected chi connectivity index (χ1v) is 7.58. The summed E-state index contributed by atoms with van der Waals surface area (Å²) in [6.45, 7) is 3.20. The third-order valence-corrected chi connectivity index (χ3v) is 4.06. The predicted molar refractivity (Wildman–Crippen MR) is 73.9 cm³/mol. The van der Waals surface area contributed by atoms with Gasteiger partial charge in [-0.05, 0) is 68.8 Å². The van der Waals surface area contributed by atoms with Gasteiger partial charge in [0.1, 0.15) is 5.75 Å². The summed E-state index contributed by atoms with van der Waals surface area (Å²) in [6.07, 6.45) is 5.88. The van der Waals surface area contributed by atoms with E-state index in [2.05, 4.69) is 35.8 Å². The maximum absolute atomic E-state index is 5.78. The highest BCUT2D eigenvalue weighted by Crippen LogP contribution is 2.20. The van der Waals surface area contributed by atoms with E-state index in [1.54, 1.807) is 11.8 Å². The van der Waals surface area contributed by atoms with Gasteiger partial charge in [-0.3, -0.25) is 0 Å². The van der Waals surface area contributed by atoms with Crippen LogP contribution < -0.4 is 10.1 Å². The van der Waals surface area contributed by atoms with Gasteiger partial charge in [0, 0.05) is 4.90 Å². The van der Waals surface area contributed by atoms with E-state index < -0.39 is 0 Å². The maximum Gasteiger partial charge on any atom is 0.119 e. The Labute approximate surface area is 108 Å². The molecule has 1 aromatic carbocycles. The smallest absolute Gasteiger partial charge is 0.119 e. The second-order valence-electron chi connectivity index (χ2n) is 4.51. The van der Waals surface area contributed by atoms with Crippen molar-refractivity contribution < 1.29 is 4.74 Å². The average molecular weight is 251 g/mol. The molecule has 0 amide bonds. The zero-order valence-electron chi connectivity index (χ0n) is 10.4. The van der Waals surface area contributed by atoms with Crippen molar-refractivity contribution in [3.05, 3.63) is 24.3 Å². The molecule has 1 saturated heterocycles. The number of hydrogen-bond donors (Lipinski definition) is 1. The van der Waals surface area contributed by atoms with E-state index >= 15 is 0 Å². The van der Waals surface area contributed by atoms with Gasteiger partial charge in [0.05, 0.1) is 6.61 Å². The van der Waals surface area contributed by atoms with Gasteiger partial charge >= 0.3 is 0 Å². The van der Waals surface area contributed by atoms with Crippen molar-refractivity contribution in [2.75, 3.05) is 26.0 Å². The molecule has 1 aliphatic rings. The first kappa shape index (κ1) is 12.8. The molecule has 3 heteroatoms. The summed E-state index contributed by atoms with van der Waals surface area (Å²) in [6, 6.07) is 8.36. The Balaban J connectivity index is 1.69. The summed E-state index contributed by atoms with van der Waals surface area (Å²) < 4.78 is 5.78. The molecule has 1 N–H and O–H groups in total. The van der Waals surface area contributed by atoms with E-state index in [1.165, 1.54) is 37.2 Å². The van der Waals surface area contributed by atoms with Crippen molar-refractivity contribution >= 4 is 11.8 Å². The number of thioether (sulfide) groups is 1. The van der Waals surface area contributed by atoms with Crippen LogP contribution in [0, 0.1) is 5.92 Å². The van der Waals surface area contributed by atoms with Gasteiger partial charge in [0.25, 0.3) is 0 Å². The molecule has 0 radical (unpaired) electrons. The van der Waals surface area contributed by atoms with Gasteiger partial charge in [0.2, 0.25) is 0 Å². The largest absolute Gasteiger partial charge is 0.494 e. The fourth-order valence-electron chi connectivity index (χ4n) is 2.19. The fraction of sp³-hybridized carbons (Fsp3) is 0.571. The van der Waals surface area contributed by atoms with Crippen LogP contribution in [0.1, 0.15) is 19.3 Å². The van der Waals surface area contributed by atoms with E-state index in [0.29, 0.717) is 0 Å². The zero-order chi connectivity index (χ0) is 11.9. The molecule has 0 saturated carbocycles. The van der Waals surface area contributed by atoms with Crippen LogP contribution in [0.2, 0.25) is 0 Å². The Morgan fingerprint density at radius 2 is 1.94 bits per heavy atom. The highest BCUT2D eigenvalue weighted by molar-refractivity contribution is 7.98. The number of benzene rings is 1. The van der Waals surface area contributed by atoms with Crippen molar-refractivity contribution in [2.45, 2.75) is 24.2 Å². The van der Waals surface area contributed by atoms with Crippen LogP contribution in [0.15, 0.2) is 29.2 Å². The van der Waals surface area contributed by atoms with E-state index in [9.17, 15) is 0 Å². The topological polar surface area (TPSA) is 21.3 Å². The van der Waals surface area contributed by atoms with Gasteiger partial charge in [-0.15, -0.1) is 11.8 Å². The molecule has 1 fully saturated rings. The number of piperidine rings is 1. The highest BCUT2D eigenvalue weighted by atomic mass is 32.2. The molecule has 0 atom stereocenters. The molecule has 94 valence electrons. The van der Waals surface area contributed by atoms with Crippen molar-refractivity contribution in [3.8, 4) is 5.75 Å². The lowest BCUT2D eigenvalue weighted by molar-refractivity contribution is 0.252. The second kappa shape index (κ2) is 6.92. The van der Waals surface area contributed by atoms with Crippen LogP contribution in [0.3, 0.4) is 0 Å². The second-order valence-corrected chi connectivity index (χ2v) is 5.39. The number of nitrogens with one attached hydrogen (secondary N) is 1. The summed E-state index contributed by atoms with van der Waals surface area (Å²) in [5, 5.41) is 3.39. The SMILES string of the molecule is CSc1ccc(OCCC2CCNCC2)cc1. The molecule has 0 aromatic heterocycles. The third-order valence-electron chi connectivity index (χ3n) is 3.31. The summed E-state index contributed by atoms with van der Waals surface area (Å²) in [4.78, 5) is 1.29. The van der Waals surface area contributed by atoms with Crippen molar-refractivity contribution in [1.82, 2.24) is 5.32 Å². The normalized spacial score (nSPS) is 17.0. The lowest BCUT2D eigenvalue weighted by Gasteiger charge is -2.22. The minimum absolute atomic E-state index is 0.849. The third kappa shape index (κ3) is 4.25. The van der Waals surface area contributed by atoms with Gasteiger partial charge in [-0.2, -0.15) is 0 Å². The van der Waals surface area contributed by atoms with Crippen LogP contribution in [-0.2, 0) is 0 Å². The van der Waals surface area contributed by atoms with E-state index in [-0.39, 0.29) is 0 Å². The Bertz CT molecular complexity index is 319. The summed E-state index contributed by atoms with van der Waals surface area (Å²) in [5.41, 5.74) is 0. The van der Waals surface area contributed by atoms with Gasteiger partial charge in [0.15, 0.2) is 0 Å². The minimum atomic E-state index is 0.849. The first-order chi connectivity index (χ1) is 8.38. The zero-order valence-corrected chi connectivity index (χ0v) is 11.3.